The zero-order valence-corrected chi connectivity index (χ0v) is 17.7. The number of nitrogens with zero attached hydrogens (tertiary/aromatic N) is 1. The van der Waals surface area contributed by atoms with Gasteiger partial charge in [-0.15, -0.1) is 0 Å². The maximum Gasteiger partial charge on any atom is 0.352 e. The molecule has 31 heavy (non-hydrogen) atoms. The molecular formula is C26H25FN2O2. The van der Waals surface area contributed by atoms with Crippen LogP contribution in [0, 0.1) is 19.7 Å². The largest absolute Gasteiger partial charge is 0.477 e. The van der Waals surface area contributed by atoms with E-state index < -0.39 is 5.97 Å². The average molecular weight is 416 g/mol. The molecule has 0 aliphatic rings. The van der Waals surface area contributed by atoms with Gasteiger partial charge in [-0.1, -0.05) is 54.6 Å². The molecule has 4 nitrogen and oxygen atoms in total. The van der Waals surface area contributed by atoms with Crippen molar-refractivity contribution in [2.75, 3.05) is 0 Å². The van der Waals surface area contributed by atoms with Gasteiger partial charge in [0.1, 0.15) is 11.5 Å². The van der Waals surface area contributed by atoms with Crippen LogP contribution >= 0.6 is 0 Å². The number of nitrogens with one attached hydrogen (secondary N) is 1. The molecule has 0 unspecified atom stereocenters. The van der Waals surface area contributed by atoms with Crippen LogP contribution in [0.15, 0.2) is 66.7 Å². The van der Waals surface area contributed by atoms with Crippen LogP contribution in [-0.4, -0.2) is 15.6 Å². The number of fused-ring (bicyclic) bond motifs is 1. The first-order chi connectivity index (χ1) is 15.0. The molecule has 0 aliphatic heterocycles. The van der Waals surface area contributed by atoms with E-state index in [0.29, 0.717) is 30.8 Å². The summed E-state index contributed by atoms with van der Waals surface area (Å²) in [6, 6.07) is 20.6. The second-order valence-electron chi connectivity index (χ2n) is 7.86. The number of benzene rings is 3. The summed E-state index contributed by atoms with van der Waals surface area (Å²) in [7, 11) is 0. The summed E-state index contributed by atoms with van der Waals surface area (Å²) in [6.45, 7) is 5.16. The summed E-state index contributed by atoms with van der Waals surface area (Å²) in [5.74, 6) is -1.24. The lowest BCUT2D eigenvalue weighted by atomic mass is 10.1. The van der Waals surface area contributed by atoms with Crippen molar-refractivity contribution in [3.63, 3.8) is 0 Å². The lowest BCUT2D eigenvalue weighted by molar-refractivity contribution is 0.0684. The lowest BCUT2D eigenvalue weighted by Crippen LogP contribution is -2.18. The van der Waals surface area contributed by atoms with E-state index in [2.05, 4.69) is 5.32 Å². The number of rotatable bonds is 7. The van der Waals surface area contributed by atoms with E-state index in [1.807, 2.05) is 60.9 Å². The smallest absolute Gasteiger partial charge is 0.352 e. The molecule has 4 rings (SSSR count). The average Bonchev–Trinajstić information content (AvgIpc) is 3.04. The third kappa shape index (κ3) is 4.23. The Labute approximate surface area is 181 Å². The van der Waals surface area contributed by atoms with E-state index in [0.717, 1.165) is 27.6 Å². The van der Waals surface area contributed by atoms with Gasteiger partial charge in [0.2, 0.25) is 0 Å². The van der Waals surface area contributed by atoms with E-state index in [-0.39, 0.29) is 11.5 Å². The summed E-state index contributed by atoms with van der Waals surface area (Å²) in [5.41, 5.74) is 5.69. The van der Waals surface area contributed by atoms with E-state index in [1.54, 1.807) is 18.2 Å². The second kappa shape index (κ2) is 8.74. The number of hydrogen-bond donors (Lipinski definition) is 2. The molecule has 0 aliphatic carbocycles. The van der Waals surface area contributed by atoms with Crippen molar-refractivity contribution in [1.29, 1.82) is 0 Å². The molecule has 5 heteroatoms. The first kappa shape index (κ1) is 20.8. The molecule has 0 bridgehead atoms. The van der Waals surface area contributed by atoms with Gasteiger partial charge >= 0.3 is 5.97 Å². The van der Waals surface area contributed by atoms with Crippen molar-refractivity contribution in [2.24, 2.45) is 0 Å². The van der Waals surface area contributed by atoms with Crippen molar-refractivity contribution in [1.82, 2.24) is 9.88 Å². The molecule has 0 fully saturated rings. The number of carbonyl (C=O) groups is 1. The third-order valence-corrected chi connectivity index (χ3v) is 5.69. The summed E-state index contributed by atoms with van der Waals surface area (Å²) in [6.07, 6.45) is 0. The lowest BCUT2D eigenvalue weighted by Gasteiger charge is -2.12. The third-order valence-electron chi connectivity index (χ3n) is 5.69. The van der Waals surface area contributed by atoms with Gasteiger partial charge in [0.05, 0.1) is 0 Å². The first-order valence-electron chi connectivity index (χ1n) is 10.3. The quantitative estimate of drug-likeness (QED) is 0.422. The molecule has 2 N–H and O–H groups in total. The number of carboxylic acid groups (broad SMARTS) is 1. The van der Waals surface area contributed by atoms with Gasteiger partial charge in [-0.2, -0.15) is 0 Å². The van der Waals surface area contributed by atoms with Crippen LogP contribution in [0.3, 0.4) is 0 Å². The van der Waals surface area contributed by atoms with Crippen LogP contribution in [0.5, 0.6) is 0 Å². The van der Waals surface area contributed by atoms with Gasteiger partial charge in [0.15, 0.2) is 0 Å². The molecule has 0 spiro atoms. The molecule has 0 saturated heterocycles. The van der Waals surface area contributed by atoms with Crippen molar-refractivity contribution < 1.29 is 14.3 Å². The highest BCUT2D eigenvalue weighted by Gasteiger charge is 2.22. The molecule has 0 amide bonds. The summed E-state index contributed by atoms with van der Waals surface area (Å²) >= 11 is 0. The molecule has 158 valence electrons. The van der Waals surface area contributed by atoms with Gasteiger partial charge < -0.3 is 15.0 Å². The number of aromatic carboxylic acids is 1. The fourth-order valence-electron chi connectivity index (χ4n) is 4.04. The van der Waals surface area contributed by atoms with Crippen LogP contribution in [-0.2, 0) is 19.6 Å². The predicted molar refractivity (Wildman–Crippen MR) is 121 cm³/mol. The van der Waals surface area contributed by atoms with Gasteiger partial charge in [-0.25, -0.2) is 9.18 Å². The van der Waals surface area contributed by atoms with Gasteiger partial charge in [0, 0.05) is 41.7 Å². The van der Waals surface area contributed by atoms with E-state index in [9.17, 15) is 14.3 Å². The van der Waals surface area contributed by atoms with Gasteiger partial charge in [-0.3, -0.25) is 0 Å². The van der Waals surface area contributed by atoms with Crippen molar-refractivity contribution in [3.05, 3.63) is 106 Å². The van der Waals surface area contributed by atoms with Gasteiger partial charge in [-0.05, 0) is 42.7 Å². The molecular weight excluding hydrogens is 391 g/mol. The minimum absolute atomic E-state index is 0.268. The first-order valence-corrected chi connectivity index (χ1v) is 10.3. The molecule has 3 aromatic carbocycles. The number of aryl methyl sites for hydroxylation is 2. The van der Waals surface area contributed by atoms with Crippen molar-refractivity contribution in [3.8, 4) is 0 Å². The summed E-state index contributed by atoms with van der Waals surface area (Å²) in [5, 5.41) is 14.2. The Morgan fingerprint density at radius 2 is 1.68 bits per heavy atom. The Kier molecular flexibility index (Phi) is 5.87. The highest BCUT2D eigenvalue weighted by atomic mass is 19.1. The van der Waals surface area contributed by atoms with E-state index >= 15 is 0 Å². The topological polar surface area (TPSA) is 54.3 Å². The van der Waals surface area contributed by atoms with Crippen LogP contribution in [0.4, 0.5) is 4.39 Å². The molecule has 1 aromatic heterocycles. The predicted octanol–water partition coefficient (Wildman–Crippen LogP) is 5.43. The van der Waals surface area contributed by atoms with Crippen LogP contribution < -0.4 is 5.32 Å². The van der Waals surface area contributed by atoms with E-state index in [1.165, 1.54) is 6.07 Å². The number of carboxylic acids is 1. The van der Waals surface area contributed by atoms with Crippen molar-refractivity contribution >= 4 is 16.9 Å². The second-order valence-corrected chi connectivity index (χ2v) is 7.86. The Bertz CT molecular complexity index is 1260. The molecule has 0 radical (unpaired) electrons. The Morgan fingerprint density at radius 1 is 0.968 bits per heavy atom. The fourth-order valence-corrected chi connectivity index (χ4v) is 4.04. The summed E-state index contributed by atoms with van der Waals surface area (Å²) in [4.78, 5) is 12.4. The minimum Gasteiger partial charge on any atom is -0.477 e. The maximum atomic E-state index is 14.0. The maximum absolute atomic E-state index is 14.0. The number of aromatic nitrogens is 1. The monoisotopic (exact) mass is 416 g/mol. The Balaban J connectivity index is 1.75. The Hall–Kier alpha value is -3.44. The van der Waals surface area contributed by atoms with Crippen LogP contribution in [0.2, 0.25) is 0 Å². The fraction of sp³-hybridized carbons (Fsp3) is 0.192. The molecule has 0 atom stereocenters. The number of halogens is 1. The summed E-state index contributed by atoms with van der Waals surface area (Å²) < 4.78 is 15.8. The van der Waals surface area contributed by atoms with Crippen molar-refractivity contribution in [2.45, 2.75) is 33.5 Å². The standard InChI is InChI=1S/C26H25FN2O2/c1-17-11-12-21-22(15-28-14-19-8-5-6-10-23(19)27)25(26(30)31)29(24(21)13-17)16-20-9-4-3-7-18(20)2/h3-13,28H,14-16H2,1-2H3,(H,30,31). The highest BCUT2D eigenvalue weighted by molar-refractivity contribution is 5.98. The van der Waals surface area contributed by atoms with Gasteiger partial charge in [0.25, 0.3) is 0 Å². The minimum atomic E-state index is -0.967. The molecule has 0 saturated carbocycles. The molecule has 4 aromatic rings. The Morgan fingerprint density at radius 3 is 2.39 bits per heavy atom. The van der Waals surface area contributed by atoms with E-state index in [4.69, 9.17) is 0 Å². The highest BCUT2D eigenvalue weighted by Crippen LogP contribution is 2.29. The zero-order valence-electron chi connectivity index (χ0n) is 17.7. The van der Waals surface area contributed by atoms with Crippen LogP contribution in [0.1, 0.15) is 38.3 Å². The molecule has 1 heterocycles. The van der Waals surface area contributed by atoms with Crippen LogP contribution in [0.25, 0.3) is 10.9 Å². The zero-order chi connectivity index (χ0) is 22.0. The number of hydrogen-bond acceptors (Lipinski definition) is 2. The normalized spacial score (nSPS) is 11.2. The SMILES string of the molecule is Cc1ccc2c(CNCc3ccccc3F)c(C(=O)O)n(Cc3ccccc3C)c2c1.